The second-order valence-corrected chi connectivity index (χ2v) is 5.00. The maximum atomic E-state index is 13.5. The number of halogens is 1. The molecule has 0 saturated heterocycles. The van der Waals surface area contributed by atoms with Gasteiger partial charge in [-0.15, -0.1) is 0 Å². The predicted octanol–water partition coefficient (Wildman–Crippen LogP) is 1.79. The molecule has 0 saturated carbocycles. The van der Waals surface area contributed by atoms with Crippen molar-refractivity contribution in [3.8, 4) is 0 Å². The minimum Gasteiger partial charge on any atom is -0.326 e. The molecule has 0 aliphatic carbocycles. The molecule has 0 radical (unpaired) electrons. The number of hydrogen-bond donors (Lipinski definition) is 3. The summed E-state index contributed by atoms with van der Waals surface area (Å²) in [6.45, 7) is 1.37. The first kappa shape index (κ1) is 17.1. The highest BCUT2D eigenvalue weighted by molar-refractivity contribution is 5.96. The number of hydrogen-bond acceptors (Lipinski definition) is 3. The van der Waals surface area contributed by atoms with Gasteiger partial charge in [-0.25, -0.2) is 4.39 Å². The highest BCUT2D eigenvalue weighted by Gasteiger charge is 2.13. The minimum absolute atomic E-state index is 0.0615. The van der Waals surface area contributed by atoms with Crippen LogP contribution in [0.3, 0.4) is 0 Å². The van der Waals surface area contributed by atoms with Gasteiger partial charge in [0.1, 0.15) is 5.82 Å². The third-order valence-electron chi connectivity index (χ3n) is 3.11. The molecule has 0 spiro atoms. The molecule has 2 aromatic rings. The van der Waals surface area contributed by atoms with Crippen molar-refractivity contribution in [1.82, 2.24) is 10.9 Å². The summed E-state index contributed by atoms with van der Waals surface area (Å²) in [6.07, 6.45) is -0.0615. The molecule has 2 aromatic carbocycles. The SMILES string of the molecule is CC(=O)Nc1ccccc1CC(=O)NNC(=O)c1ccccc1F. The molecular weight excluding hydrogens is 313 g/mol. The molecule has 0 unspecified atom stereocenters. The average Bonchev–Trinajstić information content (AvgIpc) is 2.54. The average molecular weight is 329 g/mol. The third-order valence-corrected chi connectivity index (χ3v) is 3.11. The third kappa shape index (κ3) is 4.64. The Hall–Kier alpha value is -3.22. The Morgan fingerprint density at radius 2 is 1.62 bits per heavy atom. The van der Waals surface area contributed by atoms with E-state index < -0.39 is 17.6 Å². The molecule has 2 rings (SSSR count). The van der Waals surface area contributed by atoms with Gasteiger partial charge in [-0.2, -0.15) is 0 Å². The summed E-state index contributed by atoms with van der Waals surface area (Å²) >= 11 is 0. The fraction of sp³-hybridized carbons (Fsp3) is 0.118. The molecule has 3 N–H and O–H groups in total. The van der Waals surface area contributed by atoms with Gasteiger partial charge in [0.2, 0.25) is 11.8 Å². The molecule has 0 bridgehead atoms. The van der Waals surface area contributed by atoms with Crippen molar-refractivity contribution in [2.75, 3.05) is 5.32 Å². The summed E-state index contributed by atoms with van der Waals surface area (Å²) in [5.74, 6) is -2.19. The van der Waals surface area contributed by atoms with Crippen LogP contribution in [-0.4, -0.2) is 17.7 Å². The molecular formula is C17H16FN3O3. The fourth-order valence-electron chi connectivity index (χ4n) is 2.04. The van der Waals surface area contributed by atoms with Crippen molar-refractivity contribution >= 4 is 23.4 Å². The van der Waals surface area contributed by atoms with E-state index in [4.69, 9.17) is 0 Å². The molecule has 124 valence electrons. The van der Waals surface area contributed by atoms with E-state index in [0.717, 1.165) is 6.07 Å². The number of anilines is 1. The van der Waals surface area contributed by atoms with Crippen LogP contribution < -0.4 is 16.2 Å². The van der Waals surface area contributed by atoms with Gasteiger partial charge >= 0.3 is 0 Å². The lowest BCUT2D eigenvalue weighted by molar-refractivity contribution is -0.121. The Morgan fingerprint density at radius 3 is 2.33 bits per heavy atom. The van der Waals surface area contributed by atoms with Crippen LogP contribution >= 0.6 is 0 Å². The van der Waals surface area contributed by atoms with E-state index >= 15 is 0 Å². The maximum absolute atomic E-state index is 13.5. The Kier molecular flexibility index (Phi) is 5.62. The highest BCUT2D eigenvalue weighted by atomic mass is 19.1. The van der Waals surface area contributed by atoms with E-state index in [-0.39, 0.29) is 17.9 Å². The van der Waals surface area contributed by atoms with Crippen molar-refractivity contribution in [3.05, 3.63) is 65.5 Å². The Morgan fingerprint density at radius 1 is 0.958 bits per heavy atom. The molecule has 6 nitrogen and oxygen atoms in total. The van der Waals surface area contributed by atoms with Crippen LogP contribution in [0, 0.1) is 5.82 Å². The number of para-hydroxylation sites is 1. The molecule has 0 heterocycles. The number of carbonyl (C=O) groups excluding carboxylic acids is 3. The number of benzene rings is 2. The predicted molar refractivity (Wildman–Crippen MR) is 86.5 cm³/mol. The van der Waals surface area contributed by atoms with E-state index in [2.05, 4.69) is 16.2 Å². The first-order valence-corrected chi connectivity index (χ1v) is 7.16. The lowest BCUT2D eigenvalue weighted by Gasteiger charge is -2.11. The number of amides is 3. The van der Waals surface area contributed by atoms with Gasteiger partial charge < -0.3 is 5.32 Å². The van der Waals surface area contributed by atoms with Gasteiger partial charge in [-0.05, 0) is 23.8 Å². The van der Waals surface area contributed by atoms with Crippen LogP contribution in [0.4, 0.5) is 10.1 Å². The second-order valence-electron chi connectivity index (χ2n) is 5.00. The van der Waals surface area contributed by atoms with Crippen molar-refractivity contribution in [1.29, 1.82) is 0 Å². The summed E-state index contributed by atoms with van der Waals surface area (Å²) in [6, 6.07) is 12.3. The number of hydrazine groups is 1. The molecule has 0 aliphatic heterocycles. The fourth-order valence-corrected chi connectivity index (χ4v) is 2.04. The van der Waals surface area contributed by atoms with Gasteiger partial charge in [0.05, 0.1) is 12.0 Å². The molecule has 3 amide bonds. The zero-order chi connectivity index (χ0) is 17.5. The highest BCUT2D eigenvalue weighted by Crippen LogP contribution is 2.15. The Bertz CT molecular complexity index is 777. The van der Waals surface area contributed by atoms with Crippen LogP contribution in [0.2, 0.25) is 0 Å². The number of carbonyl (C=O) groups is 3. The summed E-state index contributed by atoms with van der Waals surface area (Å²) in [7, 11) is 0. The van der Waals surface area contributed by atoms with Gasteiger partial charge in [0, 0.05) is 12.6 Å². The van der Waals surface area contributed by atoms with Gasteiger partial charge in [-0.1, -0.05) is 30.3 Å². The number of rotatable bonds is 4. The lowest BCUT2D eigenvalue weighted by atomic mass is 10.1. The maximum Gasteiger partial charge on any atom is 0.272 e. The lowest BCUT2D eigenvalue weighted by Crippen LogP contribution is -2.42. The van der Waals surface area contributed by atoms with Crippen LogP contribution in [-0.2, 0) is 16.0 Å². The van der Waals surface area contributed by atoms with Gasteiger partial charge in [0.15, 0.2) is 0 Å². The second kappa shape index (κ2) is 7.87. The molecule has 24 heavy (non-hydrogen) atoms. The zero-order valence-corrected chi connectivity index (χ0v) is 12.9. The Labute approximate surface area is 138 Å². The van der Waals surface area contributed by atoms with Crippen LogP contribution in [0.5, 0.6) is 0 Å². The number of nitrogens with one attached hydrogen (secondary N) is 3. The van der Waals surface area contributed by atoms with Crippen molar-refractivity contribution in [2.45, 2.75) is 13.3 Å². The quantitative estimate of drug-likeness (QED) is 0.747. The van der Waals surface area contributed by atoms with Gasteiger partial charge in [0.25, 0.3) is 5.91 Å². The monoisotopic (exact) mass is 329 g/mol. The normalized spacial score (nSPS) is 9.92. The minimum atomic E-state index is -0.753. The van der Waals surface area contributed by atoms with E-state index in [0.29, 0.717) is 11.3 Å². The largest absolute Gasteiger partial charge is 0.326 e. The van der Waals surface area contributed by atoms with E-state index in [1.54, 1.807) is 24.3 Å². The summed E-state index contributed by atoms with van der Waals surface area (Å²) < 4.78 is 13.5. The van der Waals surface area contributed by atoms with Gasteiger partial charge in [-0.3, -0.25) is 25.2 Å². The molecule has 0 aliphatic rings. The summed E-state index contributed by atoms with van der Waals surface area (Å²) in [5.41, 5.74) is 5.31. The van der Waals surface area contributed by atoms with E-state index in [1.165, 1.54) is 25.1 Å². The van der Waals surface area contributed by atoms with Crippen LogP contribution in [0.25, 0.3) is 0 Å². The molecule has 0 aromatic heterocycles. The zero-order valence-electron chi connectivity index (χ0n) is 12.9. The van der Waals surface area contributed by atoms with Crippen LogP contribution in [0.1, 0.15) is 22.8 Å². The standard InChI is InChI=1S/C17H16FN3O3/c1-11(22)19-15-9-5-2-6-12(15)10-16(23)20-21-17(24)13-7-3-4-8-14(13)18/h2-9H,10H2,1H3,(H,19,22)(H,20,23)(H,21,24). The first-order chi connectivity index (χ1) is 11.5. The smallest absolute Gasteiger partial charge is 0.272 e. The first-order valence-electron chi connectivity index (χ1n) is 7.16. The topological polar surface area (TPSA) is 87.3 Å². The molecule has 7 heteroatoms. The summed E-state index contributed by atoms with van der Waals surface area (Å²) in [5, 5.41) is 2.62. The van der Waals surface area contributed by atoms with Crippen LogP contribution in [0.15, 0.2) is 48.5 Å². The Balaban J connectivity index is 1.96. The van der Waals surface area contributed by atoms with Crippen molar-refractivity contribution < 1.29 is 18.8 Å². The molecule has 0 fully saturated rings. The van der Waals surface area contributed by atoms with E-state index in [1.807, 2.05) is 0 Å². The van der Waals surface area contributed by atoms with Crippen molar-refractivity contribution in [2.24, 2.45) is 0 Å². The summed E-state index contributed by atoms with van der Waals surface area (Å²) in [4.78, 5) is 34.9. The van der Waals surface area contributed by atoms with E-state index in [9.17, 15) is 18.8 Å². The molecule has 0 atom stereocenters. The van der Waals surface area contributed by atoms with Crippen molar-refractivity contribution in [3.63, 3.8) is 0 Å².